The Balaban J connectivity index is 2.84. The number of likely N-dealkylation sites (tertiary alicyclic amines) is 1. The molecule has 0 aromatic carbocycles. The number of hydrogen-bond donors (Lipinski definition) is 0. The Kier molecular flexibility index (Phi) is 2.12. The molecular weight excluding hydrogens is 162 g/mol. The van der Waals surface area contributed by atoms with E-state index in [-0.39, 0.29) is 6.42 Å². The fourth-order valence-electron chi connectivity index (χ4n) is 1.07. The SMILES string of the molecule is COC(=O)N1C(=O)C[C@@H](C)C1=O. The van der Waals surface area contributed by atoms with Gasteiger partial charge >= 0.3 is 6.09 Å². The van der Waals surface area contributed by atoms with Crippen molar-refractivity contribution >= 4 is 17.9 Å². The maximum absolute atomic E-state index is 11.1. The zero-order chi connectivity index (χ0) is 9.30. The van der Waals surface area contributed by atoms with Gasteiger partial charge in [-0.1, -0.05) is 6.92 Å². The number of ether oxygens (including phenoxy) is 1. The molecule has 0 spiro atoms. The molecule has 5 heteroatoms. The topological polar surface area (TPSA) is 63.7 Å². The predicted molar refractivity (Wildman–Crippen MR) is 38.0 cm³/mol. The van der Waals surface area contributed by atoms with E-state index >= 15 is 0 Å². The molecule has 66 valence electrons. The van der Waals surface area contributed by atoms with Gasteiger partial charge in [0.25, 0.3) is 0 Å². The van der Waals surface area contributed by atoms with Gasteiger partial charge in [-0.15, -0.1) is 0 Å². The molecule has 0 saturated carbocycles. The van der Waals surface area contributed by atoms with Crippen molar-refractivity contribution in [3.05, 3.63) is 0 Å². The highest BCUT2D eigenvalue weighted by Gasteiger charge is 2.40. The molecule has 12 heavy (non-hydrogen) atoms. The van der Waals surface area contributed by atoms with Crippen LogP contribution < -0.4 is 0 Å². The Morgan fingerprint density at radius 1 is 1.58 bits per heavy atom. The Bertz CT molecular complexity index is 240. The van der Waals surface area contributed by atoms with Crippen molar-refractivity contribution in [3.8, 4) is 0 Å². The largest absolute Gasteiger partial charge is 0.452 e. The van der Waals surface area contributed by atoms with Crippen molar-refractivity contribution in [2.45, 2.75) is 13.3 Å². The molecule has 1 atom stereocenters. The van der Waals surface area contributed by atoms with E-state index in [0.29, 0.717) is 4.90 Å². The Morgan fingerprint density at radius 2 is 2.17 bits per heavy atom. The summed E-state index contributed by atoms with van der Waals surface area (Å²) in [6, 6.07) is 0. The molecule has 0 bridgehead atoms. The van der Waals surface area contributed by atoms with Crippen molar-refractivity contribution < 1.29 is 19.1 Å². The molecule has 1 aliphatic rings. The maximum atomic E-state index is 11.1. The molecule has 0 N–H and O–H groups in total. The van der Waals surface area contributed by atoms with Crippen LogP contribution in [0.3, 0.4) is 0 Å². The van der Waals surface area contributed by atoms with Crippen LogP contribution in [0.1, 0.15) is 13.3 Å². The van der Waals surface area contributed by atoms with Crippen LogP contribution in [-0.4, -0.2) is 29.9 Å². The number of nitrogens with zero attached hydrogens (tertiary/aromatic N) is 1. The summed E-state index contributed by atoms with van der Waals surface area (Å²) in [5.74, 6) is -1.37. The van der Waals surface area contributed by atoms with Crippen LogP contribution in [0, 0.1) is 5.92 Å². The van der Waals surface area contributed by atoms with Gasteiger partial charge in [-0.3, -0.25) is 9.59 Å². The smallest absolute Gasteiger partial charge is 0.423 e. The summed E-state index contributed by atoms with van der Waals surface area (Å²) in [7, 11) is 1.13. The minimum Gasteiger partial charge on any atom is -0.452 e. The highest BCUT2D eigenvalue weighted by Crippen LogP contribution is 2.18. The average molecular weight is 171 g/mol. The average Bonchev–Trinajstić information content (AvgIpc) is 2.26. The van der Waals surface area contributed by atoms with Crippen molar-refractivity contribution in [2.24, 2.45) is 5.92 Å². The van der Waals surface area contributed by atoms with Gasteiger partial charge in [0.1, 0.15) is 0 Å². The summed E-state index contributed by atoms with van der Waals surface area (Å²) in [6.07, 6.45) is -0.803. The van der Waals surface area contributed by atoms with Crippen molar-refractivity contribution in [1.29, 1.82) is 0 Å². The maximum Gasteiger partial charge on any atom is 0.423 e. The molecule has 0 unspecified atom stereocenters. The van der Waals surface area contributed by atoms with E-state index < -0.39 is 23.8 Å². The van der Waals surface area contributed by atoms with E-state index in [1.807, 2.05) is 0 Å². The Morgan fingerprint density at radius 3 is 2.50 bits per heavy atom. The van der Waals surface area contributed by atoms with Gasteiger partial charge in [-0.25, -0.2) is 4.79 Å². The van der Waals surface area contributed by atoms with Gasteiger partial charge < -0.3 is 4.74 Å². The normalized spacial score (nSPS) is 23.2. The second-order valence-electron chi connectivity index (χ2n) is 2.64. The van der Waals surface area contributed by atoms with Crippen LogP contribution in [0.2, 0.25) is 0 Å². The van der Waals surface area contributed by atoms with Crippen molar-refractivity contribution in [2.75, 3.05) is 7.11 Å². The predicted octanol–water partition coefficient (Wildman–Crippen LogP) is 0.148. The minimum atomic E-state index is -0.894. The lowest BCUT2D eigenvalue weighted by atomic mass is 10.1. The van der Waals surface area contributed by atoms with Crippen LogP contribution in [0.4, 0.5) is 4.79 Å². The van der Waals surface area contributed by atoms with E-state index in [0.717, 1.165) is 7.11 Å². The molecule has 0 aromatic rings. The molecule has 1 fully saturated rings. The number of rotatable bonds is 0. The number of amides is 3. The lowest BCUT2D eigenvalue weighted by Gasteiger charge is -2.09. The fraction of sp³-hybridized carbons (Fsp3) is 0.571. The number of methoxy groups -OCH3 is 1. The van der Waals surface area contributed by atoms with Crippen LogP contribution >= 0.6 is 0 Å². The standard InChI is InChI=1S/C7H9NO4/c1-4-3-5(9)8(6(4)10)7(11)12-2/h4H,3H2,1-2H3/t4-/m1/s1. The highest BCUT2D eigenvalue weighted by molar-refractivity contribution is 6.14. The summed E-state index contributed by atoms with van der Waals surface area (Å²) in [5, 5.41) is 0. The summed E-state index contributed by atoms with van der Waals surface area (Å²) in [4.78, 5) is 33.5. The molecule has 0 aromatic heterocycles. The molecule has 1 heterocycles. The van der Waals surface area contributed by atoms with Gasteiger partial charge in [-0.2, -0.15) is 4.90 Å². The first-order valence-electron chi connectivity index (χ1n) is 3.52. The zero-order valence-corrected chi connectivity index (χ0v) is 6.86. The monoisotopic (exact) mass is 171 g/mol. The van der Waals surface area contributed by atoms with Crippen LogP contribution in [-0.2, 0) is 14.3 Å². The van der Waals surface area contributed by atoms with E-state index in [1.165, 1.54) is 0 Å². The highest BCUT2D eigenvalue weighted by atomic mass is 16.5. The molecule has 5 nitrogen and oxygen atoms in total. The number of carbonyl (C=O) groups is 3. The summed E-state index contributed by atoms with van der Waals surface area (Å²) >= 11 is 0. The van der Waals surface area contributed by atoms with E-state index in [2.05, 4.69) is 4.74 Å². The first-order chi connectivity index (χ1) is 5.57. The van der Waals surface area contributed by atoms with Crippen LogP contribution in [0.25, 0.3) is 0 Å². The van der Waals surface area contributed by atoms with Crippen LogP contribution in [0.15, 0.2) is 0 Å². The van der Waals surface area contributed by atoms with E-state index in [9.17, 15) is 14.4 Å². The summed E-state index contributed by atoms with van der Waals surface area (Å²) in [6.45, 7) is 1.60. The molecule has 0 radical (unpaired) electrons. The van der Waals surface area contributed by atoms with Gasteiger partial charge in [0, 0.05) is 12.3 Å². The third-order valence-electron chi connectivity index (χ3n) is 1.73. The fourth-order valence-corrected chi connectivity index (χ4v) is 1.07. The van der Waals surface area contributed by atoms with Crippen LogP contribution in [0.5, 0.6) is 0 Å². The lowest BCUT2D eigenvalue weighted by Crippen LogP contribution is -2.36. The number of hydrogen-bond acceptors (Lipinski definition) is 4. The Hall–Kier alpha value is -1.39. The second-order valence-corrected chi connectivity index (χ2v) is 2.64. The quantitative estimate of drug-likeness (QED) is 0.486. The van der Waals surface area contributed by atoms with Gasteiger partial charge in [0.15, 0.2) is 0 Å². The van der Waals surface area contributed by atoms with Gasteiger partial charge in [-0.05, 0) is 0 Å². The number of imide groups is 3. The first-order valence-corrected chi connectivity index (χ1v) is 3.52. The second kappa shape index (κ2) is 2.92. The molecule has 1 saturated heterocycles. The van der Waals surface area contributed by atoms with Gasteiger partial charge in [0.05, 0.1) is 7.11 Å². The molecule has 1 aliphatic heterocycles. The molecule has 3 amide bonds. The number of carbonyl (C=O) groups excluding carboxylic acids is 3. The van der Waals surface area contributed by atoms with Gasteiger partial charge in [0.2, 0.25) is 11.8 Å². The minimum absolute atomic E-state index is 0.0912. The molecule has 1 rings (SSSR count). The lowest BCUT2D eigenvalue weighted by molar-refractivity contribution is -0.136. The first kappa shape index (κ1) is 8.70. The van der Waals surface area contributed by atoms with Crippen molar-refractivity contribution in [3.63, 3.8) is 0 Å². The van der Waals surface area contributed by atoms with E-state index in [1.54, 1.807) is 6.92 Å². The summed E-state index contributed by atoms with van der Waals surface area (Å²) in [5.41, 5.74) is 0. The third-order valence-corrected chi connectivity index (χ3v) is 1.73. The molecule has 0 aliphatic carbocycles. The summed E-state index contributed by atoms with van der Waals surface area (Å²) < 4.78 is 4.27. The van der Waals surface area contributed by atoms with E-state index in [4.69, 9.17) is 0 Å². The molecular formula is C7H9NO4. The third kappa shape index (κ3) is 1.17. The Labute approximate surface area is 69.3 Å². The van der Waals surface area contributed by atoms with Crippen molar-refractivity contribution in [1.82, 2.24) is 4.90 Å². The zero-order valence-electron chi connectivity index (χ0n) is 6.86.